The molecule has 1 aliphatic rings. The number of carbonyl (C=O) groups is 1. The van der Waals surface area contributed by atoms with Crippen LogP contribution in [0.25, 0.3) is 6.08 Å². The summed E-state index contributed by atoms with van der Waals surface area (Å²) < 4.78 is 10.8. The van der Waals surface area contributed by atoms with Crippen LogP contribution in [0.4, 0.5) is 0 Å². The number of nitrogens with zero attached hydrogens (tertiary/aromatic N) is 2. The lowest BCUT2D eigenvalue weighted by Crippen LogP contribution is -2.25. The fourth-order valence-electron chi connectivity index (χ4n) is 3.72. The second kappa shape index (κ2) is 9.39. The van der Waals surface area contributed by atoms with Crippen molar-refractivity contribution in [3.8, 4) is 17.2 Å². The molecule has 1 atom stereocenters. The summed E-state index contributed by atoms with van der Waals surface area (Å²) in [6, 6.07) is 21.8. The Morgan fingerprint density at radius 3 is 2.44 bits per heavy atom. The van der Waals surface area contributed by atoms with Gasteiger partial charge in [0.05, 0.1) is 26.0 Å². The molecule has 3 aromatic rings. The zero-order valence-electron chi connectivity index (χ0n) is 17.9. The van der Waals surface area contributed by atoms with Crippen molar-refractivity contribution >= 4 is 17.7 Å². The second-order valence-corrected chi connectivity index (χ2v) is 7.33. The number of phenolic OH excluding ortho intramolecular Hbond substituents is 1. The molecular weight excluding hydrogens is 404 g/mol. The van der Waals surface area contributed by atoms with Gasteiger partial charge in [0, 0.05) is 18.1 Å². The lowest BCUT2D eigenvalue weighted by molar-refractivity contribution is -0.127. The molecule has 32 heavy (non-hydrogen) atoms. The van der Waals surface area contributed by atoms with Gasteiger partial charge in [-0.05, 0) is 41.5 Å². The molecule has 0 spiro atoms. The van der Waals surface area contributed by atoms with E-state index in [9.17, 15) is 9.90 Å². The average Bonchev–Trinajstić information content (AvgIpc) is 3.28. The summed E-state index contributed by atoms with van der Waals surface area (Å²) in [5.41, 5.74) is 3.04. The molecule has 1 amide bonds. The zero-order valence-corrected chi connectivity index (χ0v) is 17.9. The van der Waals surface area contributed by atoms with Crippen LogP contribution in [0.5, 0.6) is 17.2 Å². The third kappa shape index (κ3) is 4.34. The number of phenols is 1. The van der Waals surface area contributed by atoms with Gasteiger partial charge in [0.2, 0.25) is 0 Å². The maximum Gasteiger partial charge on any atom is 0.267 e. The number of carbonyl (C=O) groups excluding carboxylic acids is 1. The van der Waals surface area contributed by atoms with E-state index >= 15 is 0 Å². The summed E-state index contributed by atoms with van der Waals surface area (Å²) in [4.78, 5) is 13.2. The molecule has 0 aromatic heterocycles. The average molecular weight is 428 g/mol. The summed E-state index contributed by atoms with van der Waals surface area (Å²) in [6.45, 7) is 0. The highest BCUT2D eigenvalue weighted by molar-refractivity contribution is 6.06. The summed E-state index contributed by atoms with van der Waals surface area (Å²) in [5.74, 6) is 1.07. The first-order valence-corrected chi connectivity index (χ1v) is 10.2. The van der Waals surface area contributed by atoms with Crippen molar-refractivity contribution in [2.75, 3.05) is 14.2 Å². The number of benzene rings is 3. The number of para-hydroxylation sites is 1. The van der Waals surface area contributed by atoms with Crippen LogP contribution in [0, 0.1) is 0 Å². The first-order chi connectivity index (χ1) is 15.6. The van der Waals surface area contributed by atoms with Gasteiger partial charge in [0.25, 0.3) is 5.91 Å². The van der Waals surface area contributed by atoms with E-state index in [4.69, 9.17) is 9.47 Å². The smallest absolute Gasteiger partial charge is 0.267 e. The Morgan fingerprint density at radius 2 is 1.72 bits per heavy atom. The minimum Gasteiger partial charge on any atom is -0.507 e. The first kappa shape index (κ1) is 21.2. The van der Waals surface area contributed by atoms with E-state index in [1.165, 1.54) is 11.1 Å². The SMILES string of the molecule is COc1ccc(C2CC(c3ccccc3O)=NN2C(=O)/C=C/c2ccccc2)cc1OC. The molecule has 0 bridgehead atoms. The minimum atomic E-state index is -0.350. The summed E-state index contributed by atoms with van der Waals surface area (Å²) in [5, 5.41) is 16.4. The molecule has 0 aliphatic carbocycles. The first-order valence-electron chi connectivity index (χ1n) is 10.2. The molecule has 0 radical (unpaired) electrons. The predicted octanol–water partition coefficient (Wildman–Crippen LogP) is 4.80. The van der Waals surface area contributed by atoms with E-state index in [2.05, 4.69) is 5.10 Å². The fourth-order valence-corrected chi connectivity index (χ4v) is 3.72. The van der Waals surface area contributed by atoms with Gasteiger partial charge in [-0.1, -0.05) is 48.5 Å². The van der Waals surface area contributed by atoms with Crippen molar-refractivity contribution in [3.63, 3.8) is 0 Å². The van der Waals surface area contributed by atoms with Crippen LogP contribution in [-0.2, 0) is 4.79 Å². The molecule has 0 fully saturated rings. The molecule has 6 nitrogen and oxygen atoms in total. The van der Waals surface area contributed by atoms with Crippen molar-refractivity contribution in [1.82, 2.24) is 5.01 Å². The number of rotatable bonds is 6. The Morgan fingerprint density at radius 1 is 1.00 bits per heavy atom. The quantitative estimate of drug-likeness (QED) is 0.573. The molecule has 1 heterocycles. The highest BCUT2D eigenvalue weighted by Gasteiger charge is 2.33. The van der Waals surface area contributed by atoms with E-state index in [0.29, 0.717) is 29.2 Å². The van der Waals surface area contributed by atoms with Gasteiger partial charge in [0.1, 0.15) is 5.75 Å². The van der Waals surface area contributed by atoms with Gasteiger partial charge >= 0.3 is 0 Å². The van der Waals surface area contributed by atoms with Crippen LogP contribution in [-0.4, -0.2) is 36.0 Å². The normalized spacial score (nSPS) is 15.6. The van der Waals surface area contributed by atoms with E-state index in [0.717, 1.165) is 11.1 Å². The fraction of sp³-hybridized carbons (Fsp3) is 0.154. The van der Waals surface area contributed by atoms with E-state index < -0.39 is 0 Å². The van der Waals surface area contributed by atoms with Crippen LogP contribution in [0.1, 0.15) is 29.2 Å². The third-order valence-corrected chi connectivity index (χ3v) is 5.36. The summed E-state index contributed by atoms with van der Waals surface area (Å²) in [6.07, 6.45) is 3.74. The van der Waals surface area contributed by atoms with Gasteiger partial charge in [-0.15, -0.1) is 0 Å². The molecule has 4 rings (SSSR count). The maximum atomic E-state index is 13.2. The highest BCUT2D eigenvalue weighted by Crippen LogP contribution is 2.38. The number of aromatic hydroxyl groups is 1. The molecule has 0 saturated carbocycles. The van der Waals surface area contributed by atoms with Gasteiger partial charge < -0.3 is 14.6 Å². The number of methoxy groups -OCH3 is 2. The Kier molecular flexibility index (Phi) is 6.22. The number of ether oxygens (including phenoxy) is 2. The van der Waals surface area contributed by atoms with Crippen LogP contribution >= 0.6 is 0 Å². The largest absolute Gasteiger partial charge is 0.507 e. The van der Waals surface area contributed by atoms with E-state index in [1.54, 1.807) is 38.5 Å². The predicted molar refractivity (Wildman–Crippen MR) is 124 cm³/mol. The molecule has 1 aliphatic heterocycles. The van der Waals surface area contributed by atoms with Crippen LogP contribution in [0.15, 0.2) is 84.0 Å². The van der Waals surface area contributed by atoms with Gasteiger partial charge in [-0.2, -0.15) is 5.10 Å². The summed E-state index contributed by atoms with van der Waals surface area (Å²) >= 11 is 0. The van der Waals surface area contributed by atoms with Crippen LogP contribution < -0.4 is 9.47 Å². The Hall–Kier alpha value is -4.06. The number of hydrogen-bond donors (Lipinski definition) is 1. The molecule has 3 aromatic carbocycles. The van der Waals surface area contributed by atoms with Gasteiger partial charge in [0.15, 0.2) is 11.5 Å². The van der Waals surface area contributed by atoms with Crippen molar-refractivity contribution < 1.29 is 19.4 Å². The van der Waals surface area contributed by atoms with Crippen molar-refractivity contribution in [2.45, 2.75) is 12.5 Å². The van der Waals surface area contributed by atoms with E-state index in [1.807, 2.05) is 54.6 Å². The number of hydrazone groups is 1. The Balaban J connectivity index is 1.70. The third-order valence-electron chi connectivity index (χ3n) is 5.36. The Labute approximate surface area is 187 Å². The van der Waals surface area contributed by atoms with Gasteiger partial charge in [-0.3, -0.25) is 4.79 Å². The van der Waals surface area contributed by atoms with Gasteiger partial charge in [-0.25, -0.2) is 5.01 Å². The number of amides is 1. The molecule has 162 valence electrons. The topological polar surface area (TPSA) is 71.4 Å². The molecule has 1 N–H and O–H groups in total. The van der Waals surface area contributed by atoms with Crippen molar-refractivity contribution in [1.29, 1.82) is 0 Å². The van der Waals surface area contributed by atoms with E-state index in [-0.39, 0.29) is 17.7 Å². The highest BCUT2D eigenvalue weighted by atomic mass is 16.5. The number of hydrogen-bond acceptors (Lipinski definition) is 5. The standard InChI is InChI=1S/C26H24N2O4/c1-31-24-14-13-19(16-25(24)32-2)22-17-21(20-10-6-7-11-23(20)29)27-28(22)26(30)15-12-18-8-4-3-5-9-18/h3-16,22,29H,17H2,1-2H3/b15-12+. The second-order valence-electron chi connectivity index (χ2n) is 7.33. The van der Waals surface area contributed by atoms with Crippen molar-refractivity contribution in [3.05, 3.63) is 95.6 Å². The Bertz CT molecular complexity index is 1170. The maximum absolute atomic E-state index is 13.2. The summed E-state index contributed by atoms with van der Waals surface area (Å²) in [7, 11) is 3.16. The van der Waals surface area contributed by atoms with Crippen LogP contribution in [0.2, 0.25) is 0 Å². The lowest BCUT2D eigenvalue weighted by atomic mass is 9.97. The molecular formula is C26H24N2O4. The molecule has 1 unspecified atom stereocenters. The minimum absolute atomic E-state index is 0.131. The lowest BCUT2D eigenvalue weighted by Gasteiger charge is -2.21. The molecule has 6 heteroatoms. The monoisotopic (exact) mass is 428 g/mol. The van der Waals surface area contributed by atoms with Crippen molar-refractivity contribution in [2.24, 2.45) is 5.10 Å². The zero-order chi connectivity index (χ0) is 22.5. The van der Waals surface area contributed by atoms with Crippen LogP contribution in [0.3, 0.4) is 0 Å². The molecule has 0 saturated heterocycles.